The molecule has 2 N–H and O–H groups in total. The molecule has 164 valence electrons. The average molecular weight is 424 g/mol. The van der Waals surface area contributed by atoms with Gasteiger partial charge in [0, 0.05) is 0 Å². The maximum atomic E-state index is 12.8. The Morgan fingerprint density at radius 2 is 1.32 bits per heavy atom. The van der Waals surface area contributed by atoms with Gasteiger partial charge in [-0.3, -0.25) is 9.59 Å². The van der Waals surface area contributed by atoms with E-state index in [0.717, 1.165) is 16.7 Å². The van der Waals surface area contributed by atoms with Crippen LogP contribution in [0.5, 0.6) is 11.5 Å². The number of carbonyl (C=O) groups excluding carboxylic acids is 2. The summed E-state index contributed by atoms with van der Waals surface area (Å²) in [6, 6.07) is 10.8. The monoisotopic (exact) mass is 424 g/mol. The number of benzene rings is 2. The van der Waals surface area contributed by atoms with Gasteiger partial charge in [-0.2, -0.15) is 0 Å². The summed E-state index contributed by atoms with van der Waals surface area (Å²) in [7, 11) is 3.02. The maximum absolute atomic E-state index is 12.8. The van der Waals surface area contributed by atoms with E-state index in [1.807, 2.05) is 32.0 Å². The van der Waals surface area contributed by atoms with Crippen molar-refractivity contribution in [1.82, 2.24) is 0 Å². The largest absolute Gasteiger partial charge is 0.493 e. The van der Waals surface area contributed by atoms with Crippen LogP contribution in [-0.4, -0.2) is 49.2 Å². The molecule has 2 aromatic rings. The summed E-state index contributed by atoms with van der Waals surface area (Å²) in [5, 5.41) is 19.7. The van der Waals surface area contributed by atoms with Gasteiger partial charge in [0.25, 0.3) is 0 Å². The van der Waals surface area contributed by atoms with Crippen LogP contribution in [0.15, 0.2) is 48.6 Å². The number of ketones is 2. The third-order valence-electron chi connectivity index (χ3n) is 5.28. The minimum absolute atomic E-state index is 0.486. The topological polar surface area (TPSA) is 93.1 Å². The van der Waals surface area contributed by atoms with Gasteiger partial charge in [-0.1, -0.05) is 36.4 Å². The fourth-order valence-electron chi connectivity index (χ4n) is 2.97. The molecule has 2 rings (SSSR count). The number of hydrogen-bond donors (Lipinski definition) is 2. The maximum Gasteiger partial charge on any atom is 0.174 e. The summed E-state index contributed by atoms with van der Waals surface area (Å²) in [4.78, 5) is 25.6. The van der Waals surface area contributed by atoms with E-state index in [0.29, 0.717) is 17.1 Å². The van der Waals surface area contributed by atoms with E-state index in [2.05, 4.69) is 0 Å². The molecule has 0 amide bonds. The molecule has 6 heteroatoms. The van der Waals surface area contributed by atoms with Gasteiger partial charge in [0.1, 0.15) is 5.41 Å². The second-order valence-corrected chi connectivity index (χ2v) is 7.25. The van der Waals surface area contributed by atoms with Crippen molar-refractivity contribution in [3.05, 3.63) is 70.8 Å². The third-order valence-corrected chi connectivity index (χ3v) is 5.28. The van der Waals surface area contributed by atoms with Crippen LogP contribution in [0.3, 0.4) is 0 Å². The Hall–Kier alpha value is -3.22. The van der Waals surface area contributed by atoms with E-state index in [4.69, 9.17) is 9.47 Å². The number of rotatable bonds is 10. The zero-order valence-corrected chi connectivity index (χ0v) is 18.2. The molecule has 31 heavy (non-hydrogen) atoms. The number of allylic oxidation sites excluding steroid dienone is 2. The molecule has 0 aromatic heterocycles. The molecule has 0 bridgehead atoms. The highest BCUT2D eigenvalue weighted by molar-refractivity contribution is 6.17. The van der Waals surface area contributed by atoms with E-state index in [9.17, 15) is 19.8 Å². The van der Waals surface area contributed by atoms with Crippen LogP contribution in [0.1, 0.15) is 22.3 Å². The fourth-order valence-corrected chi connectivity index (χ4v) is 2.97. The summed E-state index contributed by atoms with van der Waals surface area (Å²) in [6.07, 6.45) is 5.46. The molecule has 2 aromatic carbocycles. The lowest BCUT2D eigenvalue weighted by atomic mass is 9.80. The molecule has 0 atom stereocenters. The van der Waals surface area contributed by atoms with Crippen LogP contribution in [0.4, 0.5) is 0 Å². The van der Waals surface area contributed by atoms with E-state index in [-0.39, 0.29) is 0 Å². The first kappa shape index (κ1) is 24.1. The van der Waals surface area contributed by atoms with Gasteiger partial charge < -0.3 is 19.7 Å². The van der Waals surface area contributed by atoms with Crippen LogP contribution in [-0.2, 0) is 9.59 Å². The van der Waals surface area contributed by atoms with Gasteiger partial charge in [0.2, 0.25) is 0 Å². The first-order chi connectivity index (χ1) is 14.8. The van der Waals surface area contributed by atoms with Crippen molar-refractivity contribution in [3.8, 4) is 11.5 Å². The van der Waals surface area contributed by atoms with Crippen LogP contribution >= 0.6 is 0 Å². The number of aliphatic hydroxyl groups excluding tert-OH is 2. The molecule has 0 aliphatic carbocycles. The molecular formula is C25H28O6. The highest BCUT2D eigenvalue weighted by Gasteiger charge is 2.42. The van der Waals surface area contributed by atoms with Crippen molar-refractivity contribution in [3.63, 3.8) is 0 Å². The van der Waals surface area contributed by atoms with Gasteiger partial charge in [0.05, 0.1) is 27.4 Å². The number of aliphatic hydroxyl groups is 2. The first-order valence-corrected chi connectivity index (χ1v) is 9.77. The first-order valence-electron chi connectivity index (χ1n) is 9.77. The Balaban J connectivity index is 2.26. The van der Waals surface area contributed by atoms with Gasteiger partial charge in [-0.15, -0.1) is 0 Å². The minimum atomic E-state index is -1.96. The number of hydrogen-bond acceptors (Lipinski definition) is 6. The van der Waals surface area contributed by atoms with Gasteiger partial charge >= 0.3 is 0 Å². The summed E-state index contributed by atoms with van der Waals surface area (Å²) in [5.41, 5.74) is 1.66. The Morgan fingerprint density at radius 3 is 1.81 bits per heavy atom. The van der Waals surface area contributed by atoms with Gasteiger partial charge in [-0.05, 0) is 60.4 Å². The van der Waals surface area contributed by atoms with Crippen LogP contribution < -0.4 is 9.47 Å². The normalized spacial score (nSPS) is 11.8. The molecule has 0 saturated carbocycles. The average Bonchev–Trinajstić information content (AvgIpc) is 2.79. The van der Waals surface area contributed by atoms with Crippen molar-refractivity contribution < 1.29 is 29.3 Å². The molecule has 0 unspecified atom stereocenters. The Morgan fingerprint density at radius 1 is 0.806 bits per heavy atom. The molecule has 0 saturated heterocycles. The lowest BCUT2D eigenvalue weighted by molar-refractivity contribution is -0.140. The molecule has 0 fully saturated rings. The fraction of sp³-hybridized carbons (Fsp3) is 0.280. The zero-order valence-electron chi connectivity index (χ0n) is 18.2. The smallest absolute Gasteiger partial charge is 0.174 e. The number of aryl methyl sites for hydroxylation is 2. The number of carbonyl (C=O) groups is 2. The summed E-state index contributed by atoms with van der Waals surface area (Å²) < 4.78 is 10.4. The Labute approximate surface area is 182 Å². The van der Waals surface area contributed by atoms with Gasteiger partial charge in [0.15, 0.2) is 23.1 Å². The van der Waals surface area contributed by atoms with Crippen molar-refractivity contribution in [2.45, 2.75) is 13.8 Å². The standard InChI is InChI=1S/C25H28O6/c1-17-5-6-19(13-18(17)2)8-11-23(28)25(15-26,16-27)24(29)12-9-20-7-10-21(30-3)22(14-20)31-4/h5-14,26-27H,15-16H2,1-4H3/b11-8+,12-9+. The van der Waals surface area contributed by atoms with Crippen molar-refractivity contribution in [1.29, 1.82) is 0 Å². The van der Waals surface area contributed by atoms with Crippen molar-refractivity contribution in [2.24, 2.45) is 5.41 Å². The Kier molecular flexibility index (Phi) is 8.30. The van der Waals surface area contributed by atoms with Crippen molar-refractivity contribution >= 4 is 23.7 Å². The molecule has 0 radical (unpaired) electrons. The van der Waals surface area contributed by atoms with Crippen molar-refractivity contribution in [2.75, 3.05) is 27.4 Å². The summed E-state index contributed by atoms with van der Waals surface area (Å²) >= 11 is 0. The van der Waals surface area contributed by atoms with E-state index < -0.39 is 30.2 Å². The van der Waals surface area contributed by atoms with E-state index in [1.165, 1.54) is 32.4 Å². The SMILES string of the molecule is COc1ccc(/C=C/C(=O)C(CO)(CO)C(=O)/C=C/c2ccc(C)c(C)c2)cc1OC. The van der Waals surface area contributed by atoms with Crippen LogP contribution in [0.25, 0.3) is 12.2 Å². The summed E-state index contributed by atoms with van der Waals surface area (Å²) in [6.45, 7) is 2.33. The molecule has 0 aliphatic rings. The minimum Gasteiger partial charge on any atom is -0.493 e. The predicted octanol–water partition coefficient (Wildman–Crippen LogP) is 3.16. The second-order valence-electron chi connectivity index (χ2n) is 7.25. The highest BCUT2D eigenvalue weighted by atomic mass is 16.5. The predicted molar refractivity (Wildman–Crippen MR) is 120 cm³/mol. The molecule has 0 spiro atoms. The third kappa shape index (κ3) is 5.48. The van der Waals surface area contributed by atoms with Crippen LogP contribution in [0.2, 0.25) is 0 Å². The lowest BCUT2D eigenvalue weighted by Crippen LogP contribution is -2.44. The van der Waals surface area contributed by atoms with Crippen LogP contribution in [0, 0.1) is 19.3 Å². The zero-order chi connectivity index (χ0) is 23.0. The summed E-state index contributed by atoms with van der Waals surface area (Å²) in [5.74, 6) is -0.336. The lowest BCUT2D eigenvalue weighted by Gasteiger charge is -2.23. The number of ether oxygens (including phenoxy) is 2. The Bertz CT molecular complexity index is 999. The molecule has 0 heterocycles. The van der Waals surface area contributed by atoms with Gasteiger partial charge in [-0.25, -0.2) is 0 Å². The highest BCUT2D eigenvalue weighted by Crippen LogP contribution is 2.28. The molecule has 6 nitrogen and oxygen atoms in total. The second kappa shape index (κ2) is 10.7. The quantitative estimate of drug-likeness (QED) is 0.450. The molecule has 0 aliphatic heterocycles. The number of methoxy groups -OCH3 is 2. The van der Waals surface area contributed by atoms with E-state index >= 15 is 0 Å². The van der Waals surface area contributed by atoms with E-state index in [1.54, 1.807) is 24.3 Å². The molecular weight excluding hydrogens is 396 g/mol.